The summed E-state index contributed by atoms with van der Waals surface area (Å²) in [5, 5.41) is 0. The number of benzene rings is 1. The van der Waals surface area contributed by atoms with E-state index in [-0.39, 0.29) is 25.9 Å². The third-order valence-corrected chi connectivity index (χ3v) is 7.91. The van der Waals surface area contributed by atoms with Gasteiger partial charge in [-0.15, -0.1) is 5.48 Å². The Morgan fingerprint density at radius 3 is 2.50 bits per heavy atom. The second kappa shape index (κ2) is 7.68. The average Bonchev–Trinajstić information content (AvgIpc) is 3.18. The molecule has 168 valence electrons. The Balaban J connectivity index is 1.93. The first-order valence-electron chi connectivity index (χ1n) is 8.90. The van der Waals surface area contributed by atoms with Crippen LogP contribution in [0.25, 0.3) is 0 Å². The van der Waals surface area contributed by atoms with Crippen molar-refractivity contribution in [3.05, 3.63) is 29.8 Å². The van der Waals surface area contributed by atoms with Gasteiger partial charge in [0, 0.05) is 13.0 Å². The lowest BCUT2D eigenvalue weighted by atomic mass is 9.92. The number of hydroxylamine groups is 1. The summed E-state index contributed by atoms with van der Waals surface area (Å²) in [5.41, 5.74) is 0.589. The highest BCUT2D eigenvalue weighted by Crippen LogP contribution is 2.41. The highest BCUT2D eigenvalue weighted by atomic mass is 32.2. The number of nitrogens with zero attached hydrogens (tertiary/aromatic N) is 1. The zero-order chi connectivity index (χ0) is 22.4. The van der Waals surface area contributed by atoms with E-state index < -0.39 is 55.6 Å². The highest BCUT2D eigenvalue weighted by molar-refractivity contribution is 7.92. The number of rotatable bonds is 4. The molecule has 0 saturated carbocycles. The number of nitrogens with one attached hydrogen (secondary N) is 1. The molecule has 0 bridgehead atoms. The highest BCUT2D eigenvalue weighted by Gasteiger charge is 2.51. The molecule has 3 atom stereocenters. The molecule has 2 aliphatic heterocycles. The minimum atomic E-state index is -4.73. The first kappa shape index (κ1) is 22.8. The predicted octanol–water partition coefficient (Wildman–Crippen LogP) is 3.63. The summed E-state index contributed by atoms with van der Waals surface area (Å²) >= 11 is 0. The van der Waals surface area contributed by atoms with E-state index in [1.807, 2.05) is 0 Å². The van der Waals surface area contributed by atoms with Gasteiger partial charge in [-0.05, 0) is 31.0 Å². The lowest BCUT2D eigenvalue weighted by molar-refractivity contribution is -0.165. The van der Waals surface area contributed by atoms with Crippen LogP contribution in [-0.2, 0) is 25.6 Å². The second-order valence-corrected chi connectivity index (χ2v) is 9.35. The molecular weight excluding hydrogens is 442 g/mol. The molecule has 1 N–H and O–H groups in total. The summed E-state index contributed by atoms with van der Waals surface area (Å²) in [7, 11) is -4.29. The van der Waals surface area contributed by atoms with Crippen LogP contribution in [0.3, 0.4) is 0 Å². The smallest absolute Gasteiger partial charge is 0.388 e. The summed E-state index contributed by atoms with van der Waals surface area (Å²) in [4.78, 5) is 7.62. The molecule has 1 aromatic carbocycles. The Kier molecular flexibility index (Phi) is 5.84. The van der Waals surface area contributed by atoms with Crippen molar-refractivity contribution in [3.8, 4) is 0 Å². The second-order valence-electron chi connectivity index (χ2n) is 7.01. The fraction of sp³-hybridized carbons (Fsp3) is 0.588. The zero-order valence-electron chi connectivity index (χ0n) is 15.5. The van der Waals surface area contributed by atoms with Gasteiger partial charge in [-0.2, -0.15) is 26.3 Å². The summed E-state index contributed by atoms with van der Waals surface area (Å²) in [6, 6.07) is 3.38. The van der Waals surface area contributed by atoms with Crippen molar-refractivity contribution in [1.82, 2.24) is 5.48 Å². The molecule has 6 nitrogen and oxygen atoms in total. The van der Waals surface area contributed by atoms with Crippen LogP contribution in [-0.4, -0.2) is 44.1 Å². The van der Waals surface area contributed by atoms with E-state index in [9.17, 15) is 34.8 Å². The van der Waals surface area contributed by atoms with Crippen LogP contribution in [0, 0.1) is 0 Å². The van der Waals surface area contributed by atoms with E-state index in [1.54, 1.807) is 12.4 Å². The van der Waals surface area contributed by atoms with E-state index in [0.29, 0.717) is 6.07 Å². The Bertz CT molecular complexity index is 931. The molecule has 1 fully saturated rings. The van der Waals surface area contributed by atoms with Gasteiger partial charge in [0.1, 0.15) is 6.10 Å². The van der Waals surface area contributed by atoms with Crippen molar-refractivity contribution in [3.63, 3.8) is 0 Å². The van der Waals surface area contributed by atoms with E-state index in [1.165, 1.54) is 0 Å². The molecule has 0 aliphatic carbocycles. The lowest BCUT2D eigenvalue weighted by Gasteiger charge is -2.39. The maximum Gasteiger partial charge on any atom is 0.427 e. The summed E-state index contributed by atoms with van der Waals surface area (Å²) in [6.45, 7) is 1.40. The molecule has 2 aliphatic rings. The molecule has 0 aromatic heterocycles. The molecule has 0 radical (unpaired) electrons. The zero-order valence-corrected chi connectivity index (χ0v) is 16.4. The molecule has 1 saturated heterocycles. The van der Waals surface area contributed by atoms with Gasteiger partial charge in [0.2, 0.25) is 12.1 Å². The summed E-state index contributed by atoms with van der Waals surface area (Å²) in [6.07, 6.45) is -13.3. The summed E-state index contributed by atoms with van der Waals surface area (Å²) < 4.78 is 108. The molecule has 2 heterocycles. The Labute approximate surface area is 168 Å². The lowest BCUT2D eigenvalue weighted by Crippen LogP contribution is -2.49. The number of hydrogen-bond acceptors (Lipinski definition) is 6. The molecule has 30 heavy (non-hydrogen) atoms. The van der Waals surface area contributed by atoms with Crippen LogP contribution in [0.4, 0.5) is 26.3 Å². The van der Waals surface area contributed by atoms with Crippen LogP contribution < -0.4 is 5.48 Å². The maximum atomic E-state index is 13.3. The number of sulfone groups is 1. The minimum Gasteiger partial charge on any atom is -0.388 e. The number of hydrogen-bond donors (Lipinski definition) is 1. The molecular formula is C17H18F6N2O4S. The van der Waals surface area contributed by atoms with Crippen molar-refractivity contribution in [2.24, 2.45) is 4.99 Å². The van der Waals surface area contributed by atoms with Crippen LogP contribution in [0.2, 0.25) is 0 Å². The fourth-order valence-electron chi connectivity index (χ4n) is 3.47. The molecule has 0 spiro atoms. The third-order valence-electron chi connectivity index (χ3n) is 5.24. The molecule has 0 amide bonds. The quantitative estimate of drug-likeness (QED) is 0.695. The van der Waals surface area contributed by atoms with Gasteiger partial charge >= 0.3 is 12.4 Å². The van der Waals surface area contributed by atoms with E-state index >= 15 is 0 Å². The van der Waals surface area contributed by atoms with Crippen LogP contribution >= 0.6 is 0 Å². The van der Waals surface area contributed by atoms with Gasteiger partial charge in [-0.1, -0.05) is 13.0 Å². The Hall–Kier alpha value is -1.86. The molecule has 13 heteroatoms. The number of alkyl halides is 6. The minimum absolute atomic E-state index is 0.00878. The van der Waals surface area contributed by atoms with E-state index in [2.05, 4.69) is 4.99 Å². The Morgan fingerprint density at radius 2 is 1.93 bits per heavy atom. The topological polar surface area (TPSA) is 77.0 Å². The SMILES string of the molecule is CCC1(S(=O)(=O)c2cccc(C(F)(F)F)c2)CCOC(C2=NC(C(F)(F)F)NO2)C1. The van der Waals surface area contributed by atoms with Crippen molar-refractivity contribution in [1.29, 1.82) is 0 Å². The van der Waals surface area contributed by atoms with Gasteiger partial charge in [0.15, 0.2) is 9.84 Å². The van der Waals surface area contributed by atoms with Gasteiger partial charge in [0.05, 0.1) is 15.2 Å². The van der Waals surface area contributed by atoms with Crippen molar-refractivity contribution < 1.29 is 44.3 Å². The van der Waals surface area contributed by atoms with Crippen LogP contribution in [0.5, 0.6) is 0 Å². The first-order valence-corrected chi connectivity index (χ1v) is 10.4. The Morgan fingerprint density at radius 1 is 1.23 bits per heavy atom. The average molecular weight is 460 g/mol. The van der Waals surface area contributed by atoms with Crippen LogP contribution in [0.1, 0.15) is 31.7 Å². The van der Waals surface area contributed by atoms with Crippen molar-refractivity contribution >= 4 is 15.7 Å². The molecule has 3 rings (SSSR count). The largest absolute Gasteiger partial charge is 0.427 e. The van der Waals surface area contributed by atoms with Gasteiger partial charge in [-0.25, -0.2) is 13.4 Å². The van der Waals surface area contributed by atoms with Gasteiger partial charge < -0.3 is 9.57 Å². The van der Waals surface area contributed by atoms with Crippen LogP contribution in [0.15, 0.2) is 34.2 Å². The normalized spacial score (nSPS) is 28.2. The third kappa shape index (κ3) is 4.14. The number of halogens is 6. The first-order chi connectivity index (χ1) is 13.8. The number of ether oxygens (including phenoxy) is 1. The van der Waals surface area contributed by atoms with Gasteiger partial charge in [0.25, 0.3) is 0 Å². The number of aliphatic imine (C=N–C) groups is 1. The predicted molar refractivity (Wildman–Crippen MR) is 92.1 cm³/mol. The van der Waals surface area contributed by atoms with E-state index in [0.717, 1.165) is 18.2 Å². The maximum absolute atomic E-state index is 13.3. The molecule has 3 unspecified atom stereocenters. The molecule has 1 aromatic rings. The van der Waals surface area contributed by atoms with Gasteiger partial charge in [-0.3, -0.25) is 0 Å². The standard InChI is InChI=1S/C17H18F6N2O4S/c1-2-15(30(26,27)11-5-3-4-10(8-11)16(18,19)20)6-7-28-12(9-15)13-24-14(25-29-13)17(21,22)23/h3-5,8,12,14,25H,2,6-7,9H2,1H3. The van der Waals surface area contributed by atoms with Crippen molar-refractivity contribution in [2.75, 3.05) is 6.61 Å². The van der Waals surface area contributed by atoms with Crippen molar-refractivity contribution in [2.45, 2.75) is 60.5 Å². The van der Waals surface area contributed by atoms with E-state index in [4.69, 9.17) is 9.57 Å². The monoisotopic (exact) mass is 460 g/mol. The fourth-order valence-corrected chi connectivity index (χ4v) is 5.62. The summed E-state index contributed by atoms with van der Waals surface area (Å²) in [5.74, 6) is -0.450.